The van der Waals surface area contributed by atoms with Crippen LogP contribution >= 0.6 is 11.3 Å². The molecule has 9 aromatic carbocycles. The zero-order valence-electron chi connectivity index (χ0n) is 29.7. The van der Waals surface area contributed by atoms with E-state index in [2.05, 4.69) is 193 Å². The topological polar surface area (TPSA) is 29.3 Å². The van der Waals surface area contributed by atoms with Gasteiger partial charge in [0.1, 0.15) is 16.2 Å². The zero-order chi connectivity index (χ0) is 36.3. The predicted molar refractivity (Wildman–Crippen MR) is 233 cm³/mol. The Balaban J connectivity index is 1.15. The van der Waals surface area contributed by atoms with Crippen molar-refractivity contribution in [3.05, 3.63) is 194 Å². The van der Waals surface area contributed by atoms with E-state index in [1.165, 1.54) is 43.8 Å². The maximum absolute atomic E-state index is 6.52. The second kappa shape index (κ2) is 12.8. The Morgan fingerprint density at radius 2 is 1.05 bits per heavy atom. The van der Waals surface area contributed by atoms with Gasteiger partial charge in [-0.3, -0.25) is 0 Å². The van der Waals surface area contributed by atoms with Crippen LogP contribution in [-0.2, 0) is 0 Å². The summed E-state index contributed by atoms with van der Waals surface area (Å²) in [5, 5.41) is 7.99. The second-order valence-corrected chi connectivity index (χ2v) is 15.0. The van der Waals surface area contributed by atoms with Crippen LogP contribution in [0.2, 0.25) is 0 Å². The number of hydrogen-bond donors (Lipinski definition) is 0. The van der Waals surface area contributed by atoms with Crippen molar-refractivity contribution < 1.29 is 4.42 Å². The standard InChI is InChI=1S/C51H32N2OS/c1-3-13-33(14-4-1)40-27-25-37(29-43(40)42-23-11-19-34-15-7-9-21-39(34)42)53(47-24-12-20-35-16-8-10-22-41(35)47)38-26-28-48-44(30-38)45-31-50-46(32-49(45)54-48)52-51(55-50)36-17-5-2-6-18-36/h1-32H. The summed E-state index contributed by atoms with van der Waals surface area (Å²) in [6.45, 7) is 0. The van der Waals surface area contributed by atoms with E-state index in [0.29, 0.717) is 0 Å². The molecule has 0 saturated heterocycles. The molecule has 0 radical (unpaired) electrons. The van der Waals surface area contributed by atoms with Gasteiger partial charge in [0.25, 0.3) is 0 Å². The molecule has 0 aliphatic heterocycles. The Morgan fingerprint density at radius 1 is 0.418 bits per heavy atom. The summed E-state index contributed by atoms with van der Waals surface area (Å²) in [6, 6.07) is 69.5. The summed E-state index contributed by atoms with van der Waals surface area (Å²) in [5.74, 6) is 0. The lowest BCUT2D eigenvalue weighted by atomic mass is 9.90. The van der Waals surface area contributed by atoms with Gasteiger partial charge >= 0.3 is 0 Å². The van der Waals surface area contributed by atoms with Crippen LogP contribution in [-0.4, -0.2) is 4.98 Å². The minimum absolute atomic E-state index is 0.840. The molecule has 2 heterocycles. The van der Waals surface area contributed by atoms with Gasteiger partial charge in [-0.2, -0.15) is 0 Å². The van der Waals surface area contributed by atoms with Crippen LogP contribution in [0, 0.1) is 0 Å². The smallest absolute Gasteiger partial charge is 0.137 e. The Hall–Kier alpha value is -7.01. The Bertz CT molecular complexity index is 3210. The molecule has 0 fully saturated rings. The maximum Gasteiger partial charge on any atom is 0.137 e. The number of fused-ring (bicyclic) bond motifs is 6. The van der Waals surface area contributed by atoms with E-state index in [0.717, 1.165) is 59.8 Å². The first-order valence-corrected chi connectivity index (χ1v) is 19.3. The van der Waals surface area contributed by atoms with Crippen molar-refractivity contribution in [3.8, 4) is 32.8 Å². The molecule has 0 bridgehead atoms. The number of hydrogen-bond acceptors (Lipinski definition) is 4. The molecule has 3 nitrogen and oxygen atoms in total. The van der Waals surface area contributed by atoms with E-state index < -0.39 is 0 Å². The molecule has 0 amide bonds. The van der Waals surface area contributed by atoms with Gasteiger partial charge in [0, 0.05) is 39.2 Å². The first-order valence-electron chi connectivity index (χ1n) is 18.5. The monoisotopic (exact) mass is 720 g/mol. The zero-order valence-corrected chi connectivity index (χ0v) is 30.5. The van der Waals surface area contributed by atoms with E-state index in [4.69, 9.17) is 9.40 Å². The number of nitrogens with zero attached hydrogens (tertiary/aromatic N) is 2. The SMILES string of the molecule is c1ccc(-c2nc3cc4oc5ccc(N(c6ccc(-c7ccccc7)c(-c7cccc8ccccc78)c6)c6cccc7ccccc67)cc5c4cc3s2)cc1. The summed E-state index contributed by atoms with van der Waals surface area (Å²) < 4.78 is 7.66. The van der Waals surface area contributed by atoms with Crippen LogP contribution < -0.4 is 4.90 Å². The Labute approximate surface area is 322 Å². The van der Waals surface area contributed by atoms with Gasteiger partial charge in [0.05, 0.1) is 15.9 Å². The summed E-state index contributed by atoms with van der Waals surface area (Å²) in [7, 11) is 0. The molecule has 0 atom stereocenters. The summed E-state index contributed by atoms with van der Waals surface area (Å²) in [6.07, 6.45) is 0. The number of benzene rings is 9. The largest absolute Gasteiger partial charge is 0.456 e. The third-order valence-electron chi connectivity index (χ3n) is 10.7. The third-order valence-corrected chi connectivity index (χ3v) is 11.7. The van der Waals surface area contributed by atoms with E-state index in [1.54, 1.807) is 11.3 Å². The molecule has 4 heteroatoms. The van der Waals surface area contributed by atoms with Crippen molar-refractivity contribution in [2.75, 3.05) is 4.90 Å². The highest BCUT2D eigenvalue weighted by molar-refractivity contribution is 7.21. The van der Waals surface area contributed by atoms with Gasteiger partial charge in [-0.1, -0.05) is 146 Å². The van der Waals surface area contributed by atoms with Gasteiger partial charge in [-0.25, -0.2) is 4.98 Å². The average molecular weight is 721 g/mol. The van der Waals surface area contributed by atoms with E-state index in [9.17, 15) is 0 Å². The van der Waals surface area contributed by atoms with Crippen molar-refractivity contribution in [3.63, 3.8) is 0 Å². The molecule has 11 rings (SSSR count). The fourth-order valence-corrected chi connectivity index (χ4v) is 9.08. The molecular formula is C51H32N2OS. The first-order chi connectivity index (χ1) is 27.2. The molecule has 0 spiro atoms. The fraction of sp³-hybridized carbons (Fsp3) is 0. The van der Waals surface area contributed by atoms with Gasteiger partial charge in [0.2, 0.25) is 0 Å². The molecule has 0 saturated carbocycles. The van der Waals surface area contributed by atoms with Crippen LogP contribution in [0.15, 0.2) is 199 Å². The molecule has 11 aromatic rings. The Morgan fingerprint density at radius 3 is 1.87 bits per heavy atom. The van der Waals surface area contributed by atoms with Crippen molar-refractivity contribution >= 4 is 82.1 Å². The Kier molecular flexibility index (Phi) is 7.35. The van der Waals surface area contributed by atoms with Crippen molar-refractivity contribution in [2.24, 2.45) is 0 Å². The molecule has 2 aromatic heterocycles. The first kappa shape index (κ1) is 31.5. The second-order valence-electron chi connectivity index (χ2n) is 13.9. The summed E-state index contributed by atoms with van der Waals surface area (Å²) in [4.78, 5) is 7.39. The van der Waals surface area contributed by atoms with Gasteiger partial charge in [-0.15, -0.1) is 11.3 Å². The minimum atomic E-state index is 0.840. The molecule has 0 aliphatic rings. The van der Waals surface area contributed by atoms with Gasteiger partial charge < -0.3 is 9.32 Å². The summed E-state index contributed by atoms with van der Waals surface area (Å²) >= 11 is 1.72. The molecular weight excluding hydrogens is 689 g/mol. The molecule has 0 N–H and O–H groups in total. The molecule has 258 valence electrons. The number of aromatic nitrogens is 1. The van der Waals surface area contributed by atoms with Crippen LogP contribution in [0.1, 0.15) is 0 Å². The molecule has 55 heavy (non-hydrogen) atoms. The number of thiazole rings is 1. The number of rotatable bonds is 6. The predicted octanol–water partition coefficient (Wildman–Crippen LogP) is 15.0. The highest BCUT2D eigenvalue weighted by Crippen LogP contribution is 2.46. The minimum Gasteiger partial charge on any atom is -0.456 e. The highest BCUT2D eigenvalue weighted by Gasteiger charge is 2.21. The van der Waals surface area contributed by atoms with E-state index >= 15 is 0 Å². The fourth-order valence-electron chi connectivity index (χ4n) is 8.08. The van der Waals surface area contributed by atoms with Gasteiger partial charge in [-0.05, 0) is 80.9 Å². The highest BCUT2D eigenvalue weighted by atomic mass is 32.1. The number of anilines is 3. The lowest BCUT2D eigenvalue weighted by Crippen LogP contribution is -2.11. The maximum atomic E-state index is 6.52. The van der Waals surface area contributed by atoms with Crippen molar-refractivity contribution in [2.45, 2.75) is 0 Å². The van der Waals surface area contributed by atoms with Crippen LogP contribution in [0.5, 0.6) is 0 Å². The average Bonchev–Trinajstić information content (AvgIpc) is 3.84. The summed E-state index contributed by atoms with van der Waals surface area (Å²) in [5.41, 5.74) is 11.8. The molecule has 0 unspecified atom stereocenters. The lowest BCUT2D eigenvalue weighted by molar-refractivity contribution is 0.669. The van der Waals surface area contributed by atoms with Crippen LogP contribution in [0.4, 0.5) is 17.1 Å². The third kappa shape index (κ3) is 5.38. The van der Waals surface area contributed by atoms with E-state index in [1.807, 2.05) is 6.07 Å². The van der Waals surface area contributed by atoms with Crippen molar-refractivity contribution in [1.82, 2.24) is 4.98 Å². The van der Waals surface area contributed by atoms with Crippen LogP contribution in [0.3, 0.4) is 0 Å². The quantitative estimate of drug-likeness (QED) is 0.171. The molecule has 0 aliphatic carbocycles. The van der Waals surface area contributed by atoms with E-state index in [-0.39, 0.29) is 0 Å². The lowest BCUT2D eigenvalue weighted by Gasteiger charge is -2.28. The van der Waals surface area contributed by atoms with Gasteiger partial charge in [0.15, 0.2) is 0 Å². The normalized spacial score (nSPS) is 11.6. The van der Waals surface area contributed by atoms with Crippen LogP contribution in [0.25, 0.3) is 86.5 Å². The number of furan rings is 1. The van der Waals surface area contributed by atoms with Crippen molar-refractivity contribution in [1.29, 1.82) is 0 Å².